The molecular weight excluding hydrogens is 681 g/mol. The Kier molecular flexibility index (Phi) is 20.0. The molecule has 4 heteroatoms. The molecule has 6 rings (SSSR count). The van der Waals surface area contributed by atoms with Crippen molar-refractivity contribution < 1.29 is 0 Å². The number of nitrogens with one attached hydrogen (secondary N) is 4. The Bertz CT molecular complexity index is 1530. The summed E-state index contributed by atoms with van der Waals surface area (Å²) in [6.45, 7) is 6.10. The number of rotatable bonds is 24. The lowest BCUT2D eigenvalue weighted by Crippen LogP contribution is -2.15. The highest BCUT2D eigenvalue weighted by atomic mass is 14.9. The molecule has 56 heavy (non-hydrogen) atoms. The maximum Gasteiger partial charge on any atom is 0.0340 e. The first-order valence-corrected chi connectivity index (χ1v) is 21.0. The SMILES string of the molecule is c1ccc(CCCNCc2ccc(CCCCNc3ccccc3)cc2)cc1.c1ccc(CCCNCc2ccc(CCCCNc3ccccc3)cc2)cc1. The summed E-state index contributed by atoms with van der Waals surface area (Å²) in [5.74, 6) is 0. The zero-order valence-electron chi connectivity index (χ0n) is 33.5. The molecule has 4 nitrogen and oxygen atoms in total. The fourth-order valence-corrected chi connectivity index (χ4v) is 6.72. The molecule has 0 heterocycles. The monoisotopic (exact) mass is 745 g/mol. The van der Waals surface area contributed by atoms with E-state index in [1.807, 2.05) is 0 Å². The zero-order chi connectivity index (χ0) is 38.6. The van der Waals surface area contributed by atoms with Crippen molar-refractivity contribution in [3.63, 3.8) is 0 Å². The van der Waals surface area contributed by atoms with Crippen molar-refractivity contribution in [2.24, 2.45) is 0 Å². The van der Waals surface area contributed by atoms with Gasteiger partial charge in [-0.2, -0.15) is 0 Å². The van der Waals surface area contributed by atoms with Crippen LogP contribution in [-0.2, 0) is 38.8 Å². The van der Waals surface area contributed by atoms with E-state index in [1.165, 1.54) is 83.3 Å². The maximum atomic E-state index is 3.56. The van der Waals surface area contributed by atoms with Crippen LogP contribution in [0.15, 0.2) is 170 Å². The Morgan fingerprint density at radius 3 is 0.929 bits per heavy atom. The van der Waals surface area contributed by atoms with E-state index in [9.17, 15) is 0 Å². The molecule has 0 spiro atoms. The van der Waals surface area contributed by atoms with E-state index in [0.29, 0.717) is 0 Å². The Hall–Kier alpha value is -5.16. The van der Waals surface area contributed by atoms with Gasteiger partial charge in [-0.25, -0.2) is 0 Å². The molecule has 292 valence electrons. The molecule has 0 bridgehead atoms. The second-order valence-corrected chi connectivity index (χ2v) is 14.7. The minimum absolute atomic E-state index is 0.954. The van der Waals surface area contributed by atoms with Gasteiger partial charge in [0.1, 0.15) is 0 Å². The fraction of sp³-hybridized carbons (Fsp3) is 0.308. The summed E-state index contributed by atoms with van der Waals surface area (Å²) in [5.41, 5.74) is 10.9. The van der Waals surface area contributed by atoms with Gasteiger partial charge in [0.05, 0.1) is 0 Å². The molecule has 0 saturated carbocycles. The number of para-hydroxylation sites is 2. The highest BCUT2D eigenvalue weighted by molar-refractivity contribution is 5.43. The summed E-state index contributed by atoms with van der Waals surface area (Å²) in [4.78, 5) is 0. The summed E-state index contributed by atoms with van der Waals surface area (Å²) >= 11 is 0. The third-order valence-electron chi connectivity index (χ3n) is 10.0. The third kappa shape index (κ3) is 18.0. The van der Waals surface area contributed by atoms with Crippen molar-refractivity contribution in [3.05, 3.63) is 203 Å². The molecule has 0 aliphatic heterocycles. The third-order valence-corrected chi connectivity index (χ3v) is 10.0. The van der Waals surface area contributed by atoms with Crippen molar-refractivity contribution in [2.75, 3.05) is 36.8 Å². The number of anilines is 2. The largest absolute Gasteiger partial charge is 0.385 e. The van der Waals surface area contributed by atoms with E-state index >= 15 is 0 Å². The van der Waals surface area contributed by atoms with Gasteiger partial charge in [0, 0.05) is 37.6 Å². The van der Waals surface area contributed by atoms with E-state index in [1.54, 1.807) is 0 Å². The van der Waals surface area contributed by atoms with Gasteiger partial charge in [-0.1, -0.05) is 146 Å². The van der Waals surface area contributed by atoms with Gasteiger partial charge in [0.2, 0.25) is 0 Å². The summed E-state index contributed by atoms with van der Waals surface area (Å²) in [6.07, 6.45) is 11.8. The van der Waals surface area contributed by atoms with Crippen LogP contribution in [0.1, 0.15) is 71.9 Å². The molecule has 4 N–H and O–H groups in total. The Balaban J connectivity index is 0.000000214. The van der Waals surface area contributed by atoms with Gasteiger partial charge in [0.15, 0.2) is 0 Å². The van der Waals surface area contributed by atoms with Crippen LogP contribution in [0.5, 0.6) is 0 Å². The molecule has 0 aliphatic carbocycles. The lowest BCUT2D eigenvalue weighted by Gasteiger charge is -2.08. The fourth-order valence-electron chi connectivity index (χ4n) is 6.72. The number of aryl methyl sites for hydroxylation is 4. The zero-order valence-corrected chi connectivity index (χ0v) is 33.5. The van der Waals surface area contributed by atoms with Crippen LogP contribution in [0.25, 0.3) is 0 Å². The molecule has 0 atom stereocenters. The van der Waals surface area contributed by atoms with Gasteiger partial charge in [-0.15, -0.1) is 0 Å². The van der Waals surface area contributed by atoms with E-state index in [0.717, 1.165) is 65.0 Å². The minimum atomic E-state index is 0.954. The van der Waals surface area contributed by atoms with Crippen LogP contribution >= 0.6 is 0 Å². The molecular formula is C52H64N4. The van der Waals surface area contributed by atoms with E-state index in [2.05, 4.69) is 191 Å². The first-order chi connectivity index (χ1) is 27.8. The summed E-state index contributed by atoms with van der Waals surface area (Å²) in [5, 5.41) is 14.1. The van der Waals surface area contributed by atoms with Crippen LogP contribution in [0.2, 0.25) is 0 Å². The Morgan fingerprint density at radius 1 is 0.250 bits per heavy atom. The van der Waals surface area contributed by atoms with Gasteiger partial charge < -0.3 is 21.3 Å². The second kappa shape index (κ2) is 26.6. The lowest BCUT2D eigenvalue weighted by atomic mass is 10.1. The van der Waals surface area contributed by atoms with Crippen molar-refractivity contribution in [1.82, 2.24) is 10.6 Å². The first kappa shape index (κ1) is 42.0. The van der Waals surface area contributed by atoms with Crippen LogP contribution in [0.4, 0.5) is 11.4 Å². The molecule has 0 aromatic heterocycles. The molecule has 6 aromatic carbocycles. The van der Waals surface area contributed by atoms with Gasteiger partial charge in [0.25, 0.3) is 0 Å². The predicted octanol–water partition coefficient (Wildman–Crippen LogP) is 11.7. The first-order valence-electron chi connectivity index (χ1n) is 21.0. The van der Waals surface area contributed by atoms with Crippen LogP contribution < -0.4 is 21.3 Å². The normalized spacial score (nSPS) is 10.7. The minimum Gasteiger partial charge on any atom is -0.385 e. The van der Waals surface area contributed by atoms with Crippen molar-refractivity contribution >= 4 is 11.4 Å². The van der Waals surface area contributed by atoms with E-state index < -0.39 is 0 Å². The smallest absolute Gasteiger partial charge is 0.0340 e. The predicted molar refractivity (Wildman–Crippen MR) is 242 cm³/mol. The summed E-state index contributed by atoms with van der Waals surface area (Å²) in [6, 6.07) is 60.5. The van der Waals surface area contributed by atoms with E-state index in [-0.39, 0.29) is 0 Å². The summed E-state index contributed by atoms with van der Waals surface area (Å²) in [7, 11) is 0. The molecule has 0 unspecified atom stereocenters. The lowest BCUT2D eigenvalue weighted by molar-refractivity contribution is 0.649. The molecule has 6 aromatic rings. The van der Waals surface area contributed by atoms with Crippen molar-refractivity contribution in [2.45, 2.75) is 77.3 Å². The van der Waals surface area contributed by atoms with Crippen molar-refractivity contribution in [1.29, 1.82) is 0 Å². The molecule has 0 saturated heterocycles. The van der Waals surface area contributed by atoms with Gasteiger partial charge >= 0.3 is 0 Å². The molecule has 0 aliphatic rings. The number of benzene rings is 6. The average Bonchev–Trinajstić information content (AvgIpc) is 3.26. The highest BCUT2D eigenvalue weighted by Gasteiger charge is 2.00. The Labute approximate surface area is 338 Å². The number of unbranched alkanes of at least 4 members (excludes halogenated alkanes) is 2. The van der Waals surface area contributed by atoms with Gasteiger partial charge in [-0.3, -0.25) is 0 Å². The van der Waals surface area contributed by atoms with Crippen LogP contribution in [0.3, 0.4) is 0 Å². The summed E-state index contributed by atoms with van der Waals surface area (Å²) < 4.78 is 0. The van der Waals surface area contributed by atoms with Crippen molar-refractivity contribution in [3.8, 4) is 0 Å². The Morgan fingerprint density at radius 2 is 0.554 bits per heavy atom. The molecule has 0 fully saturated rings. The van der Waals surface area contributed by atoms with Crippen LogP contribution in [0, 0.1) is 0 Å². The van der Waals surface area contributed by atoms with E-state index in [4.69, 9.17) is 0 Å². The van der Waals surface area contributed by atoms with Gasteiger partial charge in [-0.05, 0) is 135 Å². The van der Waals surface area contributed by atoms with Crippen LogP contribution in [-0.4, -0.2) is 26.2 Å². The quantitative estimate of drug-likeness (QED) is 0.0466. The highest BCUT2D eigenvalue weighted by Crippen LogP contribution is 2.12. The molecule has 0 radical (unpaired) electrons. The topological polar surface area (TPSA) is 48.1 Å². The standard InChI is InChI=1S/2C26H32N2/c2*1-3-10-23(11-4-1)13-9-20-27-22-25-18-16-24(17-19-25)12-7-8-21-28-26-14-5-2-6-15-26/h2*1-6,10-11,14-19,27-28H,7-9,12-13,20-22H2. The second-order valence-electron chi connectivity index (χ2n) is 14.7. The maximum absolute atomic E-state index is 3.56. The number of hydrogen-bond acceptors (Lipinski definition) is 4. The number of hydrogen-bond donors (Lipinski definition) is 4. The molecule has 0 amide bonds. The average molecular weight is 745 g/mol.